The van der Waals surface area contributed by atoms with E-state index in [-0.39, 0.29) is 30.9 Å². The second-order valence-corrected chi connectivity index (χ2v) is 5.68. The third kappa shape index (κ3) is 3.58. The minimum absolute atomic E-state index is 0.0148. The molecular weight excluding hydrogens is 298 g/mol. The van der Waals surface area contributed by atoms with E-state index in [1.807, 2.05) is 18.2 Å². The van der Waals surface area contributed by atoms with Crippen LogP contribution in [0, 0.1) is 0 Å². The van der Waals surface area contributed by atoms with Gasteiger partial charge < -0.3 is 15.5 Å². The van der Waals surface area contributed by atoms with Crippen LogP contribution >= 0.6 is 0 Å². The van der Waals surface area contributed by atoms with E-state index in [0.29, 0.717) is 6.54 Å². The fourth-order valence-corrected chi connectivity index (χ4v) is 2.88. The Morgan fingerprint density at radius 1 is 1.39 bits per heavy atom. The highest BCUT2D eigenvalue weighted by molar-refractivity contribution is 6.04. The van der Waals surface area contributed by atoms with Crippen molar-refractivity contribution in [1.82, 2.24) is 20.5 Å². The molecule has 1 aromatic heterocycles. The monoisotopic (exact) mass is 317 g/mol. The van der Waals surface area contributed by atoms with Gasteiger partial charge in [-0.3, -0.25) is 14.5 Å². The number of carbonyl (C=O) groups excluding carboxylic acids is 3. The first-order chi connectivity index (χ1) is 11.1. The highest BCUT2D eigenvalue weighted by Gasteiger charge is 2.31. The molecule has 0 unspecified atom stereocenters. The van der Waals surface area contributed by atoms with Crippen LogP contribution in [0.4, 0.5) is 10.6 Å². The minimum Gasteiger partial charge on any atom is -0.355 e. The number of hydrogen-bond acceptors (Lipinski definition) is 5. The molecule has 1 aromatic rings. The largest absolute Gasteiger partial charge is 0.355 e. The number of amides is 4. The Kier molecular flexibility index (Phi) is 4.40. The predicted molar refractivity (Wildman–Crippen MR) is 82.7 cm³/mol. The summed E-state index contributed by atoms with van der Waals surface area (Å²) >= 11 is 0. The number of carbonyl (C=O) groups is 3. The van der Waals surface area contributed by atoms with Crippen molar-refractivity contribution in [2.24, 2.45) is 0 Å². The molecule has 2 saturated heterocycles. The van der Waals surface area contributed by atoms with Crippen molar-refractivity contribution in [3.05, 3.63) is 24.4 Å². The van der Waals surface area contributed by atoms with Crippen LogP contribution < -0.4 is 15.5 Å². The van der Waals surface area contributed by atoms with Crippen LogP contribution in [-0.4, -0.2) is 60.0 Å². The van der Waals surface area contributed by atoms with E-state index in [1.54, 1.807) is 6.20 Å². The third-order valence-corrected chi connectivity index (χ3v) is 4.00. The van der Waals surface area contributed by atoms with Gasteiger partial charge >= 0.3 is 6.03 Å². The number of rotatable bonds is 4. The van der Waals surface area contributed by atoms with Gasteiger partial charge in [-0.1, -0.05) is 6.07 Å². The van der Waals surface area contributed by atoms with Crippen molar-refractivity contribution < 1.29 is 14.4 Å². The molecule has 0 aromatic carbocycles. The van der Waals surface area contributed by atoms with E-state index in [9.17, 15) is 14.4 Å². The van der Waals surface area contributed by atoms with Crippen LogP contribution in [0.25, 0.3) is 0 Å². The molecule has 0 spiro atoms. The number of urea groups is 1. The summed E-state index contributed by atoms with van der Waals surface area (Å²) in [4.78, 5) is 42.4. The quantitative estimate of drug-likeness (QED) is 0.745. The molecule has 23 heavy (non-hydrogen) atoms. The maximum atomic E-state index is 12.1. The number of anilines is 1. The number of hydrogen-bond donors (Lipinski definition) is 2. The van der Waals surface area contributed by atoms with E-state index < -0.39 is 6.03 Å². The van der Waals surface area contributed by atoms with Gasteiger partial charge in [0.2, 0.25) is 5.91 Å². The van der Waals surface area contributed by atoms with Crippen LogP contribution in [0.2, 0.25) is 0 Å². The molecule has 2 N–H and O–H groups in total. The molecule has 0 aliphatic carbocycles. The lowest BCUT2D eigenvalue weighted by Crippen LogP contribution is -2.51. The summed E-state index contributed by atoms with van der Waals surface area (Å²) in [5.74, 6) is 0.202. The topological polar surface area (TPSA) is 94.6 Å². The summed E-state index contributed by atoms with van der Waals surface area (Å²) in [7, 11) is 0. The zero-order valence-corrected chi connectivity index (χ0v) is 12.7. The molecule has 2 fully saturated rings. The summed E-state index contributed by atoms with van der Waals surface area (Å²) in [6, 6.07) is 5.22. The van der Waals surface area contributed by atoms with Crippen molar-refractivity contribution in [2.45, 2.75) is 18.9 Å². The average Bonchev–Trinajstić information content (AvgIpc) is 2.88. The van der Waals surface area contributed by atoms with E-state index in [4.69, 9.17) is 0 Å². The summed E-state index contributed by atoms with van der Waals surface area (Å²) in [5, 5.41) is 5.30. The Morgan fingerprint density at radius 2 is 2.26 bits per heavy atom. The van der Waals surface area contributed by atoms with E-state index >= 15 is 0 Å². The van der Waals surface area contributed by atoms with Crippen molar-refractivity contribution in [1.29, 1.82) is 0 Å². The Balaban J connectivity index is 1.54. The van der Waals surface area contributed by atoms with Crippen LogP contribution in [0.5, 0.6) is 0 Å². The molecule has 8 nitrogen and oxygen atoms in total. The van der Waals surface area contributed by atoms with Crippen molar-refractivity contribution >= 4 is 23.7 Å². The molecule has 1 atom stereocenters. The molecule has 3 rings (SSSR count). The fourth-order valence-electron chi connectivity index (χ4n) is 2.88. The maximum absolute atomic E-state index is 12.1. The first-order valence-corrected chi connectivity index (χ1v) is 7.67. The average molecular weight is 317 g/mol. The second-order valence-electron chi connectivity index (χ2n) is 5.68. The molecule has 2 aliphatic rings. The predicted octanol–water partition coefficient (Wildman–Crippen LogP) is -0.282. The Labute approximate surface area is 133 Å². The van der Waals surface area contributed by atoms with Gasteiger partial charge in [0.25, 0.3) is 5.91 Å². The van der Waals surface area contributed by atoms with E-state index in [1.165, 1.54) is 0 Å². The summed E-state index contributed by atoms with van der Waals surface area (Å²) in [5.41, 5.74) is 0. The van der Waals surface area contributed by atoms with Gasteiger partial charge in [0.1, 0.15) is 12.4 Å². The second kappa shape index (κ2) is 6.64. The molecule has 122 valence electrons. The van der Waals surface area contributed by atoms with Gasteiger partial charge in [-0.25, -0.2) is 9.78 Å². The number of pyridine rings is 1. The van der Waals surface area contributed by atoms with Crippen LogP contribution in [0.3, 0.4) is 0 Å². The van der Waals surface area contributed by atoms with Crippen LogP contribution in [0.15, 0.2) is 24.4 Å². The number of piperidine rings is 1. The standard InChI is InChI=1S/C15H19N5O3/c21-13(10-20-14(22)8-17-15(20)23)18-11-4-3-7-19(9-11)12-5-1-2-6-16-12/h1-2,5-6,11H,3-4,7-10H2,(H,17,23)(H,18,21)/t11-/m0/s1. The molecule has 0 bridgehead atoms. The lowest BCUT2D eigenvalue weighted by atomic mass is 10.1. The highest BCUT2D eigenvalue weighted by atomic mass is 16.2. The van der Waals surface area contributed by atoms with Gasteiger partial charge in [-0.05, 0) is 25.0 Å². The third-order valence-electron chi connectivity index (χ3n) is 4.00. The number of nitrogens with zero attached hydrogens (tertiary/aromatic N) is 3. The van der Waals surface area contributed by atoms with Gasteiger partial charge in [0.15, 0.2) is 0 Å². The molecular formula is C15H19N5O3. The molecule has 2 aliphatic heterocycles. The van der Waals surface area contributed by atoms with E-state index in [0.717, 1.165) is 30.1 Å². The normalized spacial score (nSPS) is 21.3. The fraction of sp³-hybridized carbons (Fsp3) is 0.467. The summed E-state index contributed by atoms with van der Waals surface area (Å²) in [6.07, 6.45) is 3.56. The zero-order chi connectivity index (χ0) is 16.2. The van der Waals surface area contributed by atoms with Crippen molar-refractivity contribution in [3.63, 3.8) is 0 Å². The van der Waals surface area contributed by atoms with Crippen molar-refractivity contribution in [2.75, 3.05) is 31.1 Å². The Bertz CT molecular complexity index is 590. The van der Waals surface area contributed by atoms with Gasteiger partial charge in [-0.15, -0.1) is 0 Å². The number of imide groups is 1. The molecule has 0 saturated carbocycles. The van der Waals surface area contributed by atoms with Gasteiger partial charge in [0, 0.05) is 25.3 Å². The lowest BCUT2D eigenvalue weighted by Gasteiger charge is -2.34. The molecule has 4 amide bonds. The zero-order valence-electron chi connectivity index (χ0n) is 12.7. The molecule has 0 radical (unpaired) electrons. The molecule has 3 heterocycles. The highest BCUT2D eigenvalue weighted by Crippen LogP contribution is 2.17. The summed E-state index contributed by atoms with van der Waals surface area (Å²) < 4.78 is 0. The Morgan fingerprint density at radius 3 is 2.96 bits per heavy atom. The van der Waals surface area contributed by atoms with Crippen LogP contribution in [0.1, 0.15) is 12.8 Å². The smallest absolute Gasteiger partial charge is 0.325 e. The molecule has 8 heteroatoms. The van der Waals surface area contributed by atoms with Gasteiger partial charge in [0.05, 0.1) is 6.54 Å². The maximum Gasteiger partial charge on any atom is 0.325 e. The number of nitrogens with one attached hydrogen (secondary N) is 2. The van der Waals surface area contributed by atoms with Crippen molar-refractivity contribution in [3.8, 4) is 0 Å². The first kappa shape index (κ1) is 15.3. The van der Waals surface area contributed by atoms with Crippen LogP contribution in [-0.2, 0) is 9.59 Å². The first-order valence-electron chi connectivity index (χ1n) is 7.67. The number of aromatic nitrogens is 1. The SMILES string of the molecule is O=C(CN1C(=O)CNC1=O)N[C@H]1CCCN(c2ccccn2)C1. The lowest BCUT2D eigenvalue weighted by molar-refractivity contribution is -0.130. The summed E-state index contributed by atoms with van der Waals surface area (Å²) in [6.45, 7) is 1.30. The minimum atomic E-state index is -0.510. The van der Waals surface area contributed by atoms with Gasteiger partial charge in [-0.2, -0.15) is 0 Å². The Hall–Kier alpha value is -2.64. The van der Waals surface area contributed by atoms with E-state index in [2.05, 4.69) is 20.5 Å².